The Morgan fingerprint density at radius 2 is 1.24 bits per heavy atom. The van der Waals surface area contributed by atoms with Gasteiger partial charge in [0.15, 0.2) is 5.82 Å². The molecule has 0 atom stereocenters. The van der Waals surface area contributed by atoms with Crippen LogP contribution in [0.2, 0.25) is 0 Å². The molecule has 0 saturated heterocycles. The maximum absolute atomic E-state index is 13.2. The number of aromatic nitrogens is 2. The number of hydrogen-bond donors (Lipinski definition) is 1. The Morgan fingerprint density at radius 1 is 0.680 bits per heavy atom. The highest BCUT2D eigenvalue weighted by atomic mass is 19.1. The maximum atomic E-state index is 13.2. The van der Waals surface area contributed by atoms with E-state index in [1.165, 1.54) is 12.1 Å². The highest BCUT2D eigenvalue weighted by Gasteiger charge is 2.20. The van der Waals surface area contributed by atoms with Crippen molar-refractivity contribution in [1.29, 1.82) is 0 Å². The normalized spacial score (nSPS) is 10.8. The Kier molecular flexibility index (Phi) is 3.78. The second-order valence-electron chi connectivity index (χ2n) is 5.68. The van der Waals surface area contributed by atoms with Crippen LogP contribution in [-0.2, 0) is 0 Å². The largest absolute Gasteiger partial charge is 0.426 e. The third kappa shape index (κ3) is 2.78. The molecule has 0 amide bonds. The van der Waals surface area contributed by atoms with Gasteiger partial charge in [-0.2, -0.15) is 4.73 Å². The zero-order valence-electron chi connectivity index (χ0n) is 13.3. The Labute approximate surface area is 144 Å². The van der Waals surface area contributed by atoms with Gasteiger partial charge in [-0.25, -0.2) is 9.37 Å². The molecule has 0 aliphatic rings. The third-order valence-corrected chi connectivity index (χ3v) is 4.05. The first-order valence-corrected chi connectivity index (χ1v) is 7.93. The molecule has 0 fully saturated rings. The molecule has 0 saturated carbocycles. The first-order valence-electron chi connectivity index (χ1n) is 7.93. The van der Waals surface area contributed by atoms with Gasteiger partial charge in [0.05, 0.1) is 0 Å². The minimum atomic E-state index is -0.327. The molecular weight excluding hydrogens is 315 g/mol. The van der Waals surface area contributed by atoms with Gasteiger partial charge >= 0.3 is 0 Å². The van der Waals surface area contributed by atoms with Gasteiger partial charge in [0.2, 0.25) is 0 Å². The minimum absolute atomic E-state index is 0.327. The van der Waals surface area contributed by atoms with Crippen LogP contribution in [0.15, 0.2) is 84.9 Å². The van der Waals surface area contributed by atoms with Crippen LogP contribution in [0.5, 0.6) is 0 Å². The Balaban J connectivity index is 1.97. The fraction of sp³-hybridized carbons (Fsp3) is 0. The molecular formula is C21H15FN2O. The molecule has 3 nitrogen and oxygen atoms in total. The van der Waals surface area contributed by atoms with Gasteiger partial charge in [-0.3, -0.25) is 0 Å². The maximum Gasteiger partial charge on any atom is 0.176 e. The van der Waals surface area contributed by atoms with Crippen molar-refractivity contribution in [3.05, 3.63) is 90.7 Å². The van der Waals surface area contributed by atoms with E-state index in [0.717, 1.165) is 15.9 Å². The molecule has 4 aromatic rings. The summed E-state index contributed by atoms with van der Waals surface area (Å²) >= 11 is 0. The fourth-order valence-corrected chi connectivity index (χ4v) is 2.85. The van der Waals surface area contributed by atoms with Crippen LogP contribution in [0, 0.1) is 5.82 Å². The van der Waals surface area contributed by atoms with Crippen molar-refractivity contribution in [1.82, 2.24) is 9.71 Å². The van der Waals surface area contributed by atoms with Gasteiger partial charge in [-0.05, 0) is 24.3 Å². The molecule has 0 bridgehead atoms. The second-order valence-corrected chi connectivity index (χ2v) is 5.68. The summed E-state index contributed by atoms with van der Waals surface area (Å²) in [7, 11) is 0. The van der Waals surface area contributed by atoms with Gasteiger partial charge in [0.1, 0.15) is 17.2 Å². The van der Waals surface area contributed by atoms with Crippen LogP contribution in [0.25, 0.3) is 33.9 Å². The van der Waals surface area contributed by atoms with Crippen molar-refractivity contribution >= 4 is 0 Å². The molecule has 4 rings (SSSR count). The van der Waals surface area contributed by atoms with E-state index >= 15 is 0 Å². The lowest BCUT2D eigenvalue weighted by Gasteiger charge is -2.06. The minimum Gasteiger partial charge on any atom is -0.426 e. The molecule has 25 heavy (non-hydrogen) atoms. The molecule has 1 aromatic heterocycles. The number of halogens is 1. The number of benzene rings is 3. The molecule has 1 heterocycles. The van der Waals surface area contributed by atoms with Gasteiger partial charge in [0.25, 0.3) is 0 Å². The van der Waals surface area contributed by atoms with E-state index in [0.29, 0.717) is 22.8 Å². The molecule has 1 N–H and O–H groups in total. The van der Waals surface area contributed by atoms with E-state index < -0.39 is 0 Å². The lowest BCUT2D eigenvalue weighted by molar-refractivity contribution is 0.195. The first kappa shape index (κ1) is 15.1. The lowest BCUT2D eigenvalue weighted by atomic mass is 10.1. The van der Waals surface area contributed by atoms with Crippen LogP contribution in [0.1, 0.15) is 0 Å². The third-order valence-electron chi connectivity index (χ3n) is 4.05. The lowest BCUT2D eigenvalue weighted by Crippen LogP contribution is -1.97. The van der Waals surface area contributed by atoms with Crippen LogP contribution in [-0.4, -0.2) is 14.9 Å². The zero-order chi connectivity index (χ0) is 17.2. The highest BCUT2D eigenvalue weighted by Crippen LogP contribution is 2.35. The molecule has 4 heteroatoms. The van der Waals surface area contributed by atoms with Crippen molar-refractivity contribution in [3.63, 3.8) is 0 Å². The molecule has 122 valence electrons. The van der Waals surface area contributed by atoms with Gasteiger partial charge in [-0.1, -0.05) is 60.7 Å². The Morgan fingerprint density at radius 3 is 1.84 bits per heavy atom. The summed E-state index contributed by atoms with van der Waals surface area (Å²) in [5.74, 6) is 0.0454. The summed E-state index contributed by atoms with van der Waals surface area (Å²) < 4.78 is 14.3. The van der Waals surface area contributed by atoms with Crippen molar-refractivity contribution in [2.75, 3.05) is 0 Å². The first-order chi connectivity index (χ1) is 12.2. The van der Waals surface area contributed by atoms with Gasteiger partial charge in [-0.15, -0.1) is 0 Å². The molecule has 3 aromatic carbocycles. The predicted molar refractivity (Wildman–Crippen MR) is 95.7 cm³/mol. The zero-order valence-corrected chi connectivity index (χ0v) is 13.3. The van der Waals surface area contributed by atoms with E-state index in [-0.39, 0.29) is 5.82 Å². The molecule has 0 aliphatic carbocycles. The number of imidazole rings is 1. The summed E-state index contributed by atoms with van der Waals surface area (Å²) in [5, 5.41) is 10.8. The standard InChI is InChI=1S/C21H15FN2O/c22-18-13-11-17(12-14-18)21-23-19(15-7-3-1-4-8-15)20(24(21)25)16-9-5-2-6-10-16/h1-14,25H. The van der Waals surface area contributed by atoms with Crippen LogP contribution in [0.4, 0.5) is 4.39 Å². The van der Waals surface area contributed by atoms with Crippen LogP contribution in [0.3, 0.4) is 0 Å². The van der Waals surface area contributed by atoms with Gasteiger partial charge in [0, 0.05) is 16.7 Å². The fourth-order valence-electron chi connectivity index (χ4n) is 2.85. The summed E-state index contributed by atoms with van der Waals surface area (Å²) in [4.78, 5) is 4.65. The number of hydrogen-bond acceptors (Lipinski definition) is 2. The van der Waals surface area contributed by atoms with E-state index in [1.807, 2.05) is 60.7 Å². The van der Waals surface area contributed by atoms with Crippen molar-refractivity contribution < 1.29 is 9.60 Å². The average Bonchev–Trinajstić information content (AvgIpc) is 3.01. The molecule has 0 unspecified atom stereocenters. The molecule has 0 radical (unpaired) electrons. The van der Waals surface area contributed by atoms with E-state index in [9.17, 15) is 9.60 Å². The average molecular weight is 330 g/mol. The van der Waals surface area contributed by atoms with E-state index in [1.54, 1.807) is 12.1 Å². The van der Waals surface area contributed by atoms with Crippen LogP contribution < -0.4 is 0 Å². The molecule has 0 aliphatic heterocycles. The topological polar surface area (TPSA) is 38.0 Å². The summed E-state index contributed by atoms with van der Waals surface area (Å²) in [5.41, 5.74) is 3.67. The number of nitrogens with zero attached hydrogens (tertiary/aromatic N) is 2. The number of rotatable bonds is 3. The molecule has 0 spiro atoms. The Bertz CT molecular complexity index is 994. The van der Waals surface area contributed by atoms with E-state index in [2.05, 4.69) is 4.98 Å². The highest BCUT2D eigenvalue weighted by molar-refractivity contribution is 5.81. The van der Waals surface area contributed by atoms with E-state index in [4.69, 9.17) is 0 Å². The van der Waals surface area contributed by atoms with Gasteiger partial charge < -0.3 is 5.21 Å². The van der Waals surface area contributed by atoms with Crippen molar-refractivity contribution in [2.45, 2.75) is 0 Å². The Hall–Kier alpha value is -3.40. The SMILES string of the molecule is On1c(-c2ccc(F)cc2)nc(-c2ccccc2)c1-c1ccccc1. The second kappa shape index (κ2) is 6.24. The smallest absolute Gasteiger partial charge is 0.176 e. The monoisotopic (exact) mass is 330 g/mol. The summed E-state index contributed by atoms with van der Waals surface area (Å²) in [6.45, 7) is 0. The van der Waals surface area contributed by atoms with Crippen molar-refractivity contribution in [3.8, 4) is 33.9 Å². The predicted octanol–water partition coefficient (Wildman–Crippen LogP) is 5.26. The van der Waals surface area contributed by atoms with Crippen LogP contribution >= 0.6 is 0 Å². The van der Waals surface area contributed by atoms with Crippen molar-refractivity contribution in [2.24, 2.45) is 0 Å². The summed E-state index contributed by atoms with van der Waals surface area (Å²) in [6.07, 6.45) is 0. The summed E-state index contributed by atoms with van der Waals surface area (Å²) in [6, 6.07) is 25.2. The quantitative estimate of drug-likeness (QED) is 0.520.